The maximum atomic E-state index is 5.77. The van der Waals surface area contributed by atoms with Gasteiger partial charge >= 0.3 is 0 Å². The molecule has 1 heterocycles. The Morgan fingerprint density at radius 1 is 1.53 bits per heavy atom. The van der Waals surface area contributed by atoms with Gasteiger partial charge in [0.05, 0.1) is 6.20 Å². The molecule has 1 fully saturated rings. The highest BCUT2D eigenvalue weighted by atomic mass is 35.5. The molecule has 2 unspecified atom stereocenters. The fraction of sp³-hybridized carbons (Fsp3) is 0.750. The second-order valence-electron chi connectivity index (χ2n) is 4.46. The van der Waals surface area contributed by atoms with Gasteiger partial charge < -0.3 is 4.42 Å². The minimum Gasteiger partial charge on any atom is -0.445 e. The molecule has 1 aliphatic rings. The van der Waals surface area contributed by atoms with Crippen molar-refractivity contribution < 1.29 is 4.42 Å². The summed E-state index contributed by atoms with van der Waals surface area (Å²) in [6, 6.07) is 0. The van der Waals surface area contributed by atoms with Gasteiger partial charge in [0.1, 0.15) is 5.76 Å². The summed E-state index contributed by atoms with van der Waals surface area (Å²) in [6.45, 7) is 2.30. The number of rotatable bonds is 4. The summed E-state index contributed by atoms with van der Waals surface area (Å²) >= 11 is 5.64. The monoisotopic (exact) mass is 227 g/mol. The topological polar surface area (TPSA) is 26.0 Å². The fourth-order valence-corrected chi connectivity index (χ4v) is 2.53. The van der Waals surface area contributed by atoms with Crippen LogP contribution in [0.3, 0.4) is 0 Å². The van der Waals surface area contributed by atoms with Gasteiger partial charge in [-0.3, -0.25) is 0 Å². The quantitative estimate of drug-likeness (QED) is 0.733. The first kappa shape index (κ1) is 11.0. The number of aromatic nitrogens is 1. The maximum absolute atomic E-state index is 5.77. The van der Waals surface area contributed by atoms with Crippen LogP contribution in [-0.4, -0.2) is 10.9 Å². The molecule has 0 N–H and O–H groups in total. The van der Waals surface area contributed by atoms with Crippen LogP contribution in [-0.2, 0) is 6.42 Å². The largest absolute Gasteiger partial charge is 0.445 e. The van der Waals surface area contributed by atoms with Gasteiger partial charge in [-0.15, -0.1) is 11.6 Å². The van der Waals surface area contributed by atoms with Crippen LogP contribution in [0.4, 0.5) is 0 Å². The lowest BCUT2D eigenvalue weighted by Gasteiger charge is -2.10. The van der Waals surface area contributed by atoms with Crippen LogP contribution < -0.4 is 0 Å². The summed E-state index contributed by atoms with van der Waals surface area (Å²) in [4.78, 5) is 4.31. The molecular formula is C12H18ClNO. The molecule has 84 valence electrons. The lowest BCUT2D eigenvalue weighted by molar-refractivity contribution is 0.388. The zero-order valence-corrected chi connectivity index (χ0v) is 9.96. The van der Waals surface area contributed by atoms with Crippen LogP contribution in [0.2, 0.25) is 0 Å². The van der Waals surface area contributed by atoms with Crippen LogP contribution in [0, 0.1) is 5.92 Å². The lowest BCUT2D eigenvalue weighted by Crippen LogP contribution is -2.00. The van der Waals surface area contributed by atoms with Gasteiger partial charge in [-0.2, -0.15) is 0 Å². The van der Waals surface area contributed by atoms with E-state index in [9.17, 15) is 0 Å². The molecule has 0 saturated heterocycles. The van der Waals surface area contributed by atoms with Crippen molar-refractivity contribution in [2.24, 2.45) is 5.92 Å². The molecule has 0 aliphatic heterocycles. The highest BCUT2D eigenvalue weighted by molar-refractivity contribution is 6.17. The van der Waals surface area contributed by atoms with E-state index >= 15 is 0 Å². The van der Waals surface area contributed by atoms with Crippen molar-refractivity contribution in [1.29, 1.82) is 0 Å². The van der Waals surface area contributed by atoms with E-state index in [4.69, 9.17) is 16.0 Å². The van der Waals surface area contributed by atoms with Crippen molar-refractivity contribution in [3.63, 3.8) is 0 Å². The number of hydrogen-bond acceptors (Lipinski definition) is 2. The molecule has 0 spiro atoms. The SMILES string of the molecule is CC1CCCC1c1cnc(CCCCl)o1. The van der Waals surface area contributed by atoms with Gasteiger partial charge in [0, 0.05) is 18.2 Å². The van der Waals surface area contributed by atoms with Crippen LogP contribution >= 0.6 is 11.6 Å². The van der Waals surface area contributed by atoms with Gasteiger partial charge in [0.15, 0.2) is 5.89 Å². The molecule has 2 nitrogen and oxygen atoms in total. The molecule has 1 saturated carbocycles. The molecular weight excluding hydrogens is 210 g/mol. The van der Waals surface area contributed by atoms with Crippen molar-refractivity contribution in [3.05, 3.63) is 17.8 Å². The summed E-state index contributed by atoms with van der Waals surface area (Å²) in [5, 5.41) is 0. The van der Waals surface area contributed by atoms with E-state index < -0.39 is 0 Å². The van der Waals surface area contributed by atoms with Crippen LogP contribution in [0.15, 0.2) is 10.6 Å². The Balaban J connectivity index is 1.99. The maximum Gasteiger partial charge on any atom is 0.194 e. The predicted octanol–water partition coefficient (Wildman–Crippen LogP) is 3.75. The molecule has 0 radical (unpaired) electrons. The van der Waals surface area contributed by atoms with Crippen LogP contribution in [0.25, 0.3) is 0 Å². The smallest absolute Gasteiger partial charge is 0.194 e. The Labute approximate surface area is 96.0 Å². The minimum absolute atomic E-state index is 0.599. The van der Waals surface area contributed by atoms with Crippen molar-refractivity contribution in [2.75, 3.05) is 5.88 Å². The Kier molecular flexibility index (Phi) is 3.68. The number of oxazole rings is 1. The number of alkyl halides is 1. The number of halogens is 1. The average molecular weight is 228 g/mol. The first-order valence-electron chi connectivity index (χ1n) is 5.82. The summed E-state index contributed by atoms with van der Waals surface area (Å²) in [5.74, 6) is 3.97. The second-order valence-corrected chi connectivity index (χ2v) is 4.84. The Bertz CT molecular complexity index is 310. The molecule has 1 aliphatic carbocycles. The van der Waals surface area contributed by atoms with Gasteiger partial charge in [0.2, 0.25) is 0 Å². The first-order valence-corrected chi connectivity index (χ1v) is 6.35. The third-order valence-electron chi connectivity index (χ3n) is 3.32. The molecule has 0 amide bonds. The Hall–Kier alpha value is -0.500. The standard InChI is InChI=1S/C12H18ClNO/c1-9-4-2-5-10(9)11-8-14-12(15-11)6-3-7-13/h8-10H,2-7H2,1H3. The van der Waals surface area contributed by atoms with Crippen molar-refractivity contribution in [2.45, 2.75) is 44.9 Å². The molecule has 2 rings (SSSR count). The Morgan fingerprint density at radius 3 is 3.07 bits per heavy atom. The van der Waals surface area contributed by atoms with E-state index in [2.05, 4.69) is 11.9 Å². The zero-order valence-electron chi connectivity index (χ0n) is 9.21. The van der Waals surface area contributed by atoms with Gasteiger partial charge in [0.25, 0.3) is 0 Å². The summed E-state index contributed by atoms with van der Waals surface area (Å²) < 4.78 is 5.77. The summed E-state index contributed by atoms with van der Waals surface area (Å²) in [7, 11) is 0. The van der Waals surface area contributed by atoms with Gasteiger partial charge in [-0.1, -0.05) is 13.3 Å². The number of aryl methyl sites for hydroxylation is 1. The van der Waals surface area contributed by atoms with E-state index in [1.54, 1.807) is 0 Å². The lowest BCUT2D eigenvalue weighted by atomic mass is 9.96. The predicted molar refractivity (Wildman–Crippen MR) is 61.3 cm³/mol. The molecule has 2 atom stereocenters. The normalized spacial score (nSPS) is 26.0. The van der Waals surface area contributed by atoms with Crippen LogP contribution in [0.1, 0.15) is 50.2 Å². The third kappa shape index (κ3) is 2.54. The number of hydrogen-bond donors (Lipinski definition) is 0. The third-order valence-corrected chi connectivity index (χ3v) is 3.59. The van der Waals surface area contributed by atoms with E-state index in [1.165, 1.54) is 19.3 Å². The van der Waals surface area contributed by atoms with Gasteiger partial charge in [-0.25, -0.2) is 4.98 Å². The van der Waals surface area contributed by atoms with Crippen molar-refractivity contribution >= 4 is 11.6 Å². The van der Waals surface area contributed by atoms with E-state index in [0.717, 1.165) is 30.4 Å². The molecule has 3 heteroatoms. The van der Waals surface area contributed by atoms with E-state index in [1.807, 2.05) is 6.20 Å². The second kappa shape index (κ2) is 5.02. The molecule has 15 heavy (non-hydrogen) atoms. The molecule has 1 aromatic rings. The first-order chi connectivity index (χ1) is 7.31. The zero-order chi connectivity index (χ0) is 10.7. The minimum atomic E-state index is 0.599. The number of nitrogens with zero attached hydrogens (tertiary/aromatic N) is 1. The highest BCUT2D eigenvalue weighted by Gasteiger charge is 2.27. The molecule has 0 bridgehead atoms. The highest BCUT2D eigenvalue weighted by Crippen LogP contribution is 2.39. The van der Waals surface area contributed by atoms with Gasteiger partial charge in [-0.05, 0) is 25.2 Å². The molecule has 1 aromatic heterocycles. The summed E-state index contributed by atoms with van der Waals surface area (Å²) in [5.41, 5.74) is 0. The fourth-order valence-electron chi connectivity index (χ4n) is 2.40. The average Bonchev–Trinajstić information content (AvgIpc) is 2.83. The Morgan fingerprint density at radius 2 is 2.40 bits per heavy atom. The molecule has 0 aromatic carbocycles. The van der Waals surface area contributed by atoms with Crippen molar-refractivity contribution in [1.82, 2.24) is 4.98 Å². The summed E-state index contributed by atoms with van der Waals surface area (Å²) in [6.07, 6.45) is 7.62. The van der Waals surface area contributed by atoms with E-state index in [0.29, 0.717) is 11.8 Å². The van der Waals surface area contributed by atoms with Crippen LogP contribution in [0.5, 0.6) is 0 Å². The van der Waals surface area contributed by atoms with Crippen molar-refractivity contribution in [3.8, 4) is 0 Å². The van der Waals surface area contributed by atoms with E-state index in [-0.39, 0.29) is 0 Å².